The number of hydrogen-bond donors (Lipinski definition) is 3. The standard InChI is InChI=1S/C26H25N7O2/c1-16(2)25(34)31-18-8-9-28-22(12-18)20-5-3-4-17-13-30-26(33-24(17)20)32-19-6-7-21(29-14-19)23-15-27-10-11-35-23/h3-9,12-14,23,27H,1,10-11,15H2,2H3,(H,28,31,34)(H,30,32,33). The molecule has 9 nitrogen and oxygen atoms in total. The largest absolute Gasteiger partial charge is 0.369 e. The first-order chi connectivity index (χ1) is 17.1. The van der Waals surface area contributed by atoms with Crippen LogP contribution in [0.3, 0.4) is 0 Å². The topological polar surface area (TPSA) is 114 Å². The minimum atomic E-state index is -0.236. The second-order valence-electron chi connectivity index (χ2n) is 8.26. The van der Waals surface area contributed by atoms with Crippen LogP contribution in [-0.4, -0.2) is 45.5 Å². The Morgan fingerprint density at radius 1 is 1.11 bits per heavy atom. The van der Waals surface area contributed by atoms with Crippen molar-refractivity contribution in [2.45, 2.75) is 13.0 Å². The van der Waals surface area contributed by atoms with Gasteiger partial charge in [-0.15, -0.1) is 0 Å². The normalized spacial score (nSPS) is 15.5. The van der Waals surface area contributed by atoms with E-state index in [1.165, 1.54) is 0 Å². The van der Waals surface area contributed by atoms with Gasteiger partial charge in [0.1, 0.15) is 6.10 Å². The van der Waals surface area contributed by atoms with Gasteiger partial charge >= 0.3 is 0 Å². The van der Waals surface area contributed by atoms with E-state index in [0.29, 0.717) is 29.5 Å². The molecule has 35 heavy (non-hydrogen) atoms. The van der Waals surface area contributed by atoms with Crippen LogP contribution < -0.4 is 16.0 Å². The highest BCUT2D eigenvalue weighted by Gasteiger charge is 2.17. The number of fused-ring (bicyclic) bond motifs is 1. The van der Waals surface area contributed by atoms with Crippen molar-refractivity contribution in [3.63, 3.8) is 0 Å². The van der Waals surface area contributed by atoms with Crippen molar-refractivity contribution in [1.29, 1.82) is 0 Å². The molecular formula is C26H25N7O2. The summed E-state index contributed by atoms with van der Waals surface area (Å²) in [5.41, 5.74) is 4.98. The van der Waals surface area contributed by atoms with E-state index >= 15 is 0 Å². The fourth-order valence-electron chi connectivity index (χ4n) is 3.77. The number of hydrogen-bond acceptors (Lipinski definition) is 8. The number of amides is 1. The Hall–Kier alpha value is -4.21. The van der Waals surface area contributed by atoms with Crippen LogP contribution in [0, 0.1) is 0 Å². The van der Waals surface area contributed by atoms with E-state index in [9.17, 15) is 4.79 Å². The number of rotatable bonds is 6. The van der Waals surface area contributed by atoms with Crippen molar-refractivity contribution in [2.24, 2.45) is 0 Å². The SMILES string of the molecule is C=C(C)C(=O)Nc1ccnc(-c2cccc3cnc(Nc4ccc(C5CNCCO5)nc4)nc23)c1. The Balaban J connectivity index is 1.41. The molecule has 1 aliphatic heterocycles. The molecular weight excluding hydrogens is 442 g/mol. The number of carbonyl (C=O) groups is 1. The highest BCUT2D eigenvalue weighted by atomic mass is 16.5. The van der Waals surface area contributed by atoms with E-state index in [0.717, 1.165) is 40.9 Å². The summed E-state index contributed by atoms with van der Waals surface area (Å²) in [6.45, 7) is 7.64. The van der Waals surface area contributed by atoms with Crippen LogP contribution in [-0.2, 0) is 9.53 Å². The number of para-hydroxylation sites is 1. The first kappa shape index (κ1) is 22.6. The average Bonchev–Trinajstić information content (AvgIpc) is 2.89. The van der Waals surface area contributed by atoms with Crippen LogP contribution in [0.1, 0.15) is 18.7 Å². The summed E-state index contributed by atoms with van der Waals surface area (Å²) in [6, 6.07) is 13.3. The molecule has 0 aliphatic carbocycles. The Labute approximate surface area is 202 Å². The lowest BCUT2D eigenvalue weighted by molar-refractivity contribution is -0.112. The number of ether oxygens (including phenoxy) is 1. The fourth-order valence-corrected chi connectivity index (χ4v) is 3.77. The maximum Gasteiger partial charge on any atom is 0.250 e. The van der Waals surface area contributed by atoms with E-state index in [2.05, 4.69) is 37.5 Å². The molecule has 4 aromatic rings. The number of aromatic nitrogens is 4. The molecule has 4 heterocycles. The van der Waals surface area contributed by atoms with E-state index in [4.69, 9.17) is 9.72 Å². The summed E-state index contributed by atoms with van der Waals surface area (Å²) < 4.78 is 5.76. The van der Waals surface area contributed by atoms with Crippen LogP contribution in [0.4, 0.5) is 17.3 Å². The fraction of sp³-hybridized carbons (Fsp3) is 0.192. The molecule has 3 aromatic heterocycles. The van der Waals surface area contributed by atoms with Gasteiger partial charge in [0, 0.05) is 47.7 Å². The van der Waals surface area contributed by atoms with Gasteiger partial charge in [-0.2, -0.15) is 0 Å². The maximum absolute atomic E-state index is 12.0. The van der Waals surface area contributed by atoms with Gasteiger partial charge in [0.25, 0.3) is 5.91 Å². The van der Waals surface area contributed by atoms with Crippen LogP contribution in [0.5, 0.6) is 0 Å². The Bertz CT molecular complexity index is 1380. The van der Waals surface area contributed by atoms with Gasteiger partial charge in [0.05, 0.1) is 35.4 Å². The number of nitrogens with zero attached hydrogens (tertiary/aromatic N) is 4. The molecule has 1 saturated heterocycles. The molecule has 176 valence electrons. The number of anilines is 3. The van der Waals surface area contributed by atoms with Gasteiger partial charge in [-0.3, -0.25) is 14.8 Å². The van der Waals surface area contributed by atoms with Gasteiger partial charge in [-0.1, -0.05) is 24.8 Å². The molecule has 1 amide bonds. The molecule has 1 atom stereocenters. The molecule has 1 fully saturated rings. The molecule has 1 aliphatic rings. The summed E-state index contributed by atoms with van der Waals surface area (Å²) in [5, 5.41) is 10.2. The first-order valence-corrected chi connectivity index (χ1v) is 11.3. The molecule has 3 N–H and O–H groups in total. The third-order valence-corrected chi connectivity index (χ3v) is 5.59. The first-order valence-electron chi connectivity index (χ1n) is 11.3. The highest BCUT2D eigenvalue weighted by Crippen LogP contribution is 2.28. The van der Waals surface area contributed by atoms with E-state index in [1.54, 1.807) is 31.6 Å². The highest BCUT2D eigenvalue weighted by molar-refractivity contribution is 6.03. The quantitative estimate of drug-likeness (QED) is 0.365. The summed E-state index contributed by atoms with van der Waals surface area (Å²) in [5.74, 6) is 0.210. The van der Waals surface area contributed by atoms with Crippen LogP contribution in [0.25, 0.3) is 22.2 Å². The molecule has 0 spiro atoms. The van der Waals surface area contributed by atoms with Crippen molar-refractivity contribution in [1.82, 2.24) is 25.3 Å². The zero-order chi connectivity index (χ0) is 24.2. The van der Waals surface area contributed by atoms with Crippen LogP contribution >= 0.6 is 0 Å². The number of carbonyl (C=O) groups excluding carboxylic acids is 1. The molecule has 5 rings (SSSR count). The van der Waals surface area contributed by atoms with Crippen LogP contribution in [0.2, 0.25) is 0 Å². The molecule has 9 heteroatoms. The second kappa shape index (κ2) is 9.96. The molecule has 0 bridgehead atoms. The molecule has 1 unspecified atom stereocenters. The summed E-state index contributed by atoms with van der Waals surface area (Å²) in [7, 11) is 0. The lowest BCUT2D eigenvalue weighted by atomic mass is 10.1. The molecule has 1 aromatic carbocycles. The Morgan fingerprint density at radius 3 is 2.80 bits per heavy atom. The summed E-state index contributed by atoms with van der Waals surface area (Å²) in [6.07, 6.45) is 5.13. The van der Waals surface area contributed by atoms with Gasteiger partial charge in [-0.05, 0) is 31.2 Å². The monoisotopic (exact) mass is 467 g/mol. The van der Waals surface area contributed by atoms with Crippen molar-refractivity contribution >= 4 is 34.1 Å². The zero-order valence-corrected chi connectivity index (χ0v) is 19.3. The number of nitrogens with one attached hydrogen (secondary N) is 3. The van der Waals surface area contributed by atoms with Crippen molar-refractivity contribution in [3.05, 3.63) is 78.9 Å². The third kappa shape index (κ3) is 5.16. The summed E-state index contributed by atoms with van der Waals surface area (Å²) in [4.78, 5) is 30.3. The van der Waals surface area contributed by atoms with Gasteiger partial charge in [0.2, 0.25) is 5.95 Å². The van der Waals surface area contributed by atoms with Gasteiger partial charge in [0.15, 0.2) is 0 Å². The second-order valence-corrected chi connectivity index (χ2v) is 8.26. The predicted octanol–water partition coefficient (Wildman–Crippen LogP) is 4.01. The van der Waals surface area contributed by atoms with Crippen molar-refractivity contribution < 1.29 is 9.53 Å². The number of pyridine rings is 2. The lowest BCUT2D eigenvalue weighted by Gasteiger charge is -2.23. The average molecular weight is 468 g/mol. The minimum Gasteiger partial charge on any atom is -0.369 e. The smallest absolute Gasteiger partial charge is 0.250 e. The van der Waals surface area contributed by atoms with Crippen LogP contribution in [0.15, 0.2) is 73.2 Å². The van der Waals surface area contributed by atoms with E-state index < -0.39 is 0 Å². The van der Waals surface area contributed by atoms with Crippen molar-refractivity contribution in [3.8, 4) is 11.3 Å². The third-order valence-electron chi connectivity index (χ3n) is 5.59. The number of morpholine rings is 1. The molecule has 0 radical (unpaired) electrons. The van der Waals surface area contributed by atoms with E-state index in [1.807, 2.05) is 36.4 Å². The number of benzene rings is 1. The van der Waals surface area contributed by atoms with Crippen molar-refractivity contribution in [2.75, 3.05) is 30.3 Å². The molecule has 0 saturated carbocycles. The lowest BCUT2D eigenvalue weighted by Crippen LogP contribution is -2.33. The van der Waals surface area contributed by atoms with E-state index in [-0.39, 0.29) is 12.0 Å². The Morgan fingerprint density at radius 2 is 2.03 bits per heavy atom. The predicted molar refractivity (Wildman–Crippen MR) is 135 cm³/mol. The van der Waals surface area contributed by atoms with Gasteiger partial charge < -0.3 is 20.7 Å². The minimum absolute atomic E-state index is 0.0410. The Kier molecular flexibility index (Phi) is 6.42. The summed E-state index contributed by atoms with van der Waals surface area (Å²) >= 11 is 0. The maximum atomic E-state index is 12.0. The van der Waals surface area contributed by atoms with Gasteiger partial charge in [-0.25, -0.2) is 9.97 Å². The zero-order valence-electron chi connectivity index (χ0n) is 19.3.